The van der Waals surface area contributed by atoms with Crippen molar-refractivity contribution >= 4 is 5.78 Å². The minimum absolute atomic E-state index is 0.498. The predicted octanol–water partition coefficient (Wildman–Crippen LogP) is 0.655. The zero-order chi connectivity index (χ0) is 5.70. The largest absolute Gasteiger partial charge is 0.278 e. The summed E-state index contributed by atoms with van der Waals surface area (Å²) >= 11 is 0. The fourth-order valence-electron chi connectivity index (χ4n) is 0.189. The monoisotopic (exact) mass is 95.0 g/mol. The van der Waals surface area contributed by atoms with Gasteiger partial charge in [-0.2, -0.15) is 5.26 Å². The van der Waals surface area contributed by atoms with Crippen molar-refractivity contribution in [3.8, 4) is 6.07 Å². The third kappa shape index (κ3) is 2.71. The Kier molecular flexibility index (Phi) is 2.62. The van der Waals surface area contributed by atoms with Gasteiger partial charge in [-0.25, -0.2) is 0 Å². The molecule has 0 N–H and O–H groups in total. The Hall–Kier alpha value is -1.10. The van der Waals surface area contributed by atoms with Crippen LogP contribution >= 0.6 is 0 Å². The van der Waals surface area contributed by atoms with Crippen molar-refractivity contribution < 1.29 is 4.79 Å². The fraction of sp³-hybridized carbons (Fsp3) is 0.200. The molecule has 0 aliphatic heterocycles. The highest BCUT2D eigenvalue weighted by molar-refractivity contribution is 6.02. The van der Waals surface area contributed by atoms with Gasteiger partial charge in [0.2, 0.25) is 0 Å². The van der Waals surface area contributed by atoms with Gasteiger partial charge in [0.05, 0.1) is 0 Å². The summed E-state index contributed by atoms with van der Waals surface area (Å²) in [6.07, 6.45) is 2.76. The maximum absolute atomic E-state index is 9.96. The smallest absolute Gasteiger partial charge is 0.254 e. The summed E-state index contributed by atoms with van der Waals surface area (Å²) in [5, 5.41) is 7.82. The van der Waals surface area contributed by atoms with Crippen molar-refractivity contribution in [3.63, 3.8) is 0 Å². The number of carbonyl (C=O) groups is 1. The zero-order valence-corrected chi connectivity index (χ0v) is 4.01. The quantitative estimate of drug-likeness (QED) is 0.354. The van der Waals surface area contributed by atoms with Crippen LogP contribution in [0.15, 0.2) is 12.2 Å². The van der Waals surface area contributed by atoms with E-state index in [1.807, 2.05) is 0 Å². The molecule has 36 valence electrons. The minimum atomic E-state index is -0.498. The second-order valence-electron chi connectivity index (χ2n) is 0.976. The molecule has 0 heterocycles. The number of allylic oxidation sites excluding steroid dienone is 2. The van der Waals surface area contributed by atoms with E-state index in [1.54, 1.807) is 6.92 Å². The Labute approximate surface area is 42.1 Å². The summed E-state index contributed by atoms with van der Waals surface area (Å²) in [7, 11) is 0. The van der Waals surface area contributed by atoms with Crippen molar-refractivity contribution in [2.45, 2.75) is 6.92 Å². The molecular formula is C5H5NO. The van der Waals surface area contributed by atoms with E-state index in [2.05, 4.69) is 0 Å². The zero-order valence-electron chi connectivity index (χ0n) is 4.01. The molecule has 0 saturated heterocycles. The highest BCUT2D eigenvalue weighted by atomic mass is 16.1. The average Bonchev–Trinajstić information content (AvgIpc) is 1.68. The van der Waals surface area contributed by atoms with Crippen LogP contribution in [0.4, 0.5) is 0 Å². The summed E-state index contributed by atoms with van der Waals surface area (Å²) in [6, 6.07) is 1.44. The number of nitriles is 1. The first-order chi connectivity index (χ1) is 3.31. The van der Waals surface area contributed by atoms with Gasteiger partial charge < -0.3 is 0 Å². The van der Waals surface area contributed by atoms with E-state index in [9.17, 15) is 4.79 Å². The number of rotatable bonds is 1. The number of hydrogen-bond acceptors (Lipinski definition) is 2. The summed E-state index contributed by atoms with van der Waals surface area (Å²) in [6.45, 7) is 1.69. The van der Waals surface area contributed by atoms with Crippen molar-refractivity contribution in [1.29, 1.82) is 5.26 Å². The minimum Gasteiger partial charge on any atom is -0.278 e. The molecule has 0 amide bonds. The van der Waals surface area contributed by atoms with Crippen LogP contribution in [-0.2, 0) is 4.79 Å². The van der Waals surface area contributed by atoms with E-state index in [0.29, 0.717) is 0 Å². The van der Waals surface area contributed by atoms with Crippen molar-refractivity contribution in [2.24, 2.45) is 0 Å². The van der Waals surface area contributed by atoms with Crippen molar-refractivity contribution in [2.75, 3.05) is 0 Å². The first-order valence-electron chi connectivity index (χ1n) is 1.88. The van der Waals surface area contributed by atoms with E-state index < -0.39 is 5.78 Å². The summed E-state index contributed by atoms with van der Waals surface area (Å²) in [5.41, 5.74) is 0. The standard InChI is InChI=1S/C5H5NO/c1-2-3-5(7)4-6/h2-3H,1H3. The summed E-state index contributed by atoms with van der Waals surface area (Å²) < 4.78 is 0. The molecule has 0 radical (unpaired) electrons. The first kappa shape index (κ1) is 5.90. The maximum Gasteiger partial charge on any atom is 0.254 e. The van der Waals surface area contributed by atoms with Crippen LogP contribution < -0.4 is 0 Å². The lowest BCUT2D eigenvalue weighted by Crippen LogP contribution is -1.81. The SMILES string of the molecule is CC=CC(=O)C#N. The molecular weight excluding hydrogens is 90.1 g/mol. The molecule has 2 nitrogen and oxygen atoms in total. The maximum atomic E-state index is 9.96. The Morgan fingerprint density at radius 3 is 2.57 bits per heavy atom. The van der Waals surface area contributed by atoms with Crippen LogP contribution in [0.5, 0.6) is 0 Å². The number of carbonyl (C=O) groups excluding carboxylic acids is 1. The first-order valence-corrected chi connectivity index (χ1v) is 1.88. The van der Waals surface area contributed by atoms with Crippen molar-refractivity contribution in [1.82, 2.24) is 0 Å². The third-order valence-corrected chi connectivity index (χ3v) is 0.428. The Morgan fingerprint density at radius 1 is 1.86 bits per heavy atom. The number of ketones is 1. The van der Waals surface area contributed by atoms with Gasteiger partial charge in [-0.3, -0.25) is 4.79 Å². The normalized spacial score (nSPS) is 8.57. The van der Waals surface area contributed by atoms with Crippen LogP contribution in [-0.4, -0.2) is 5.78 Å². The Bertz CT molecular complexity index is 130. The van der Waals surface area contributed by atoms with Gasteiger partial charge in [-0.05, 0) is 13.0 Å². The van der Waals surface area contributed by atoms with E-state index >= 15 is 0 Å². The van der Waals surface area contributed by atoms with Gasteiger partial charge in [0.25, 0.3) is 5.78 Å². The van der Waals surface area contributed by atoms with Crippen LogP contribution in [0.3, 0.4) is 0 Å². The van der Waals surface area contributed by atoms with Crippen LogP contribution in [0, 0.1) is 11.3 Å². The molecule has 0 aromatic heterocycles. The molecule has 0 aliphatic rings. The molecule has 0 aromatic carbocycles. The second kappa shape index (κ2) is 3.10. The van der Waals surface area contributed by atoms with E-state index in [-0.39, 0.29) is 0 Å². The number of nitrogens with zero attached hydrogens (tertiary/aromatic N) is 1. The van der Waals surface area contributed by atoms with Gasteiger partial charge in [-0.15, -0.1) is 0 Å². The Morgan fingerprint density at radius 2 is 2.43 bits per heavy atom. The van der Waals surface area contributed by atoms with Gasteiger partial charge in [0.1, 0.15) is 6.07 Å². The molecule has 0 spiro atoms. The molecule has 0 fully saturated rings. The topological polar surface area (TPSA) is 40.9 Å². The van der Waals surface area contributed by atoms with Gasteiger partial charge in [0, 0.05) is 0 Å². The second-order valence-corrected chi connectivity index (χ2v) is 0.976. The molecule has 0 unspecified atom stereocenters. The molecule has 0 bridgehead atoms. The summed E-state index contributed by atoms with van der Waals surface area (Å²) in [4.78, 5) is 9.96. The fourth-order valence-corrected chi connectivity index (χ4v) is 0.189. The van der Waals surface area contributed by atoms with Crippen LogP contribution in [0.25, 0.3) is 0 Å². The number of hydrogen-bond donors (Lipinski definition) is 0. The van der Waals surface area contributed by atoms with Crippen molar-refractivity contribution in [3.05, 3.63) is 12.2 Å². The van der Waals surface area contributed by atoms with E-state index in [1.165, 1.54) is 18.2 Å². The van der Waals surface area contributed by atoms with Crippen LogP contribution in [0.1, 0.15) is 6.92 Å². The summed E-state index contributed by atoms with van der Waals surface area (Å²) in [5.74, 6) is -0.498. The van der Waals surface area contributed by atoms with Gasteiger partial charge in [0.15, 0.2) is 0 Å². The predicted molar refractivity (Wildman–Crippen MR) is 25.4 cm³/mol. The highest BCUT2D eigenvalue weighted by Gasteiger charge is 1.83. The third-order valence-electron chi connectivity index (χ3n) is 0.428. The van der Waals surface area contributed by atoms with Gasteiger partial charge >= 0.3 is 0 Å². The highest BCUT2D eigenvalue weighted by Crippen LogP contribution is 1.69. The molecule has 0 rings (SSSR count). The Balaban J connectivity index is 3.66. The molecule has 2 heteroatoms. The van der Waals surface area contributed by atoms with Gasteiger partial charge in [-0.1, -0.05) is 6.08 Å². The molecule has 0 aliphatic carbocycles. The molecule has 0 saturated carbocycles. The lowest BCUT2D eigenvalue weighted by atomic mass is 10.4. The average molecular weight is 95.1 g/mol. The lowest BCUT2D eigenvalue weighted by molar-refractivity contribution is -0.109. The molecule has 7 heavy (non-hydrogen) atoms. The molecule has 0 aromatic rings. The van der Waals surface area contributed by atoms with Crippen LogP contribution in [0.2, 0.25) is 0 Å². The molecule has 0 atom stereocenters. The van der Waals surface area contributed by atoms with E-state index in [0.717, 1.165) is 0 Å². The van der Waals surface area contributed by atoms with E-state index in [4.69, 9.17) is 5.26 Å². The lowest BCUT2D eigenvalue weighted by Gasteiger charge is -1.65.